The lowest BCUT2D eigenvalue weighted by Crippen LogP contribution is -2.07. The predicted molar refractivity (Wildman–Crippen MR) is 66.6 cm³/mol. The van der Waals surface area contributed by atoms with E-state index in [4.69, 9.17) is 0 Å². The van der Waals surface area contributed by atoms with Crippen molar-refractivity contribution >= 4 is 17.6 Å². The highest BCUT2D eigenvalue weighted by Crippen LogP contribution is 2.31. The SMILES string of the molecule is CON=Cc1cc(F)c2c(c1)N=C(C(C)C)C2. The number of aliphatic imine (C=N–C) groups is 1. The van der Waals surface area contributed by atoms with E-state index in [0.717, 1.165) is 5.71 Å². The van der Waals surface area contributed by atoms with Gasteiger partial charge in [-0.1, -0.05) is 19.0 Å². The molecule has 0 aliphatic carbocycles. The van der Waals surface area contributed by atoms with E-state index < -0.39 is 0 Å². The van der Waals surface area contributed by atoms with Gasteiger partial charge in [0.15, 0.2) is 0 Å². The molecule has 17 heavy (non-hydrogen) atoms. The summed E-state index contributed by atoms with van der Waals surface area (Å²) in [4.78, 5) is 9.03. The second-order valence-corrected chi connectivity index (χ2v) is 4.35. The van der Waals surface area contributed by atoms with Crippen molar-refractivity contribution in [1.82, 2.24) is 0 Å². The largest absolute Gasteiger partial charge is 0.399 e. The Balaban J connectivity index is 2.37. The van der Waals surface area contributed by atoms with Gasteiger partial charge in [-0.15, -0.1) is 0 Å². The molecule has 1 aliphatic rings. The van der Waals surface area contributed by atoms with E-state index in [9.17, 15) is 4.39 Å². The number of halogens is 1. The van der Waals surface area contributed by atoms with Crippen LogP contribution in [-0.4, -0.2) is 19.0 Å². The monoisotopic (exact) mass is 234 g/mol. The maximum Gasteiger partial charge on any atom is 0.129 e. The molecule has 2 rings (SSSR count). The van der Waals surface area contributed by atoms with Crippen molar-refractivity contribution in [2.24, 2.45) is 16.1 Å². The topological polar surface area (TPSA) is 34.0 Å². The summed E-state index contributed by atoms with van der Waals surface area (Å²) in [5, 5.41) is 3.62. The molecule has 1 aromatic rings. The van der Waals surface area contributed by atoms with Gasteiger partial charge in [0.1, 0.15) is 12.9 Å². The first-order valence-corrected chi connectivity index (χ1v) is 5.58. The molecular formula is C13H15FN2O. The first-order valence-electron chi connectivity index (χ1n) is 5.58. The Hall–Kier alpha value is -1.71. The van der Waals surface area contributed by atoms with Gasteiger partial charge in [-0.25, -0.2) is 4.39 Å². The van der Waals surface area contributed by atoms with Crippen LogP contribution < -0.4 is 0 Å². The maximum absolute atomic E-state index is 13.8. The molecule has 1 aliphatic heterocycles. The zero-order valence-electron chi connectivity index (χ0n) is 10.2. The highest BCUT2D eigenvalue weighted by atomic mass is 19.1. The van der Waals surface area contributed by atoms with E-state index in [1.54, 1.807) is 0 Å². The van der Waals surface area contributed by atoms with E-state index in [1.807, 2.05) is 6.07 Å². The Morgan fingerprint density at radius 2 is 2.24 bits per heavy atom. The molecule has 0 fully saturated rings. The second-order valence-electron chi connectivity index (χ2n) is 4.35. The Kier molecular flexibility index (Phi) is 3.22. The third-order valence-electron chi connectivity index (χ3n) is 2.79. The smallest absolute Gasteiger partial charge is 0.129 e. The van der Waals surface area contributed by atoms with Gasteiger partial charge in [0.05, 0.1) is 11.9 Å². The zero-order chi connectivity index (χ0) is 12.4. The molecule has 0 N–H and O–H groups in total. The van der Waals surface area contributed by atoms with Crippen molar-refractivity contribution in [3.8, 4) is 0 Å². The minimum Gasteiger partial charge on any atom is -0.399 e. The van der Waals surface area contributed by atoms with Crippen LogP contribution >= 0.6 is 0 Å². The number of benzene rings is 1. The average molecular weight is 234 g/mol. The number of hydrogen-bond acceptors (Lipinski definition) is 3. The fourth-order valence-electron chi connectivity index (χ4n) is 1.81. The molecule has 0 atom stereocenters. The van der Waals surface area contributed by atoms with Crippen molar-refractivity contribution in [1.29, 1.82) is 0 Å². The Bertz CT molecular complexity index is 492. The standard InChI is InChI=1S/C13H15FN2O/c1-8(2)12-6-10-11(14)4-9(7-15-17-3)5-13(10)16-12/h4-5,7-8H,6H2,1-3H3. The third kappa shape index (κ3) is 2.35. The molecule has 0 radical (unpaired) electrons. The van der Waals surface area contributed by atoms with Gasteiger partial charge >= 0.3 is 0 Å². The minimum atomic E-state index is -0.223. The molecule has 1 heterocycles. The summed E-state index contributed by atoms with van der Waals surface area (Å²) in [6.07, 6.45) is 2.09. The highest BCUT2D eigenvalue weighted by molar-refractivity contribution is 5.96. The first-order chi connectivity index (χ1) is 8.11. The molecule has 0 spiro atoms. The van der Waals surface area contributed by atoms with Crippen LogP contribution in [0.5, 0.6) is 0 Å². The lowest BCUT2D eigenvalue weighted by atomic mass is 10.0. The number of nitrogens with zero attached hydrogens (tertiary/aromatic N) is 2. The van der Waals surface area contributed by atoms with Gasteiger partial charge < -0.3 is 4.84 Å². The Morgan fingerprint density at radius 1 is 1.47 bits per heavy atom. The molecule has 0 amide bonds. The third-order valence-corrected chi connectivity index (χ3v) is 2.79. The molecular weight excluding hydrogens is 219 g/mol. The highest BCUT2D eigenvalue weighted by Gasteiger charge is 2.20. The summed E-state index contributed by atoms with van der Waals surface area (Å²) in [6, 6.07) is 3.29. The van der Waals surface area contributed by atoms with Gasteiger partial charge in [0.25, 0.3) is 0 Å². The molecule has 1 aromatic carbocycles. The van der Waals surface area contributed by atoms with Gasteiger partial charge in [0, 0.05) is 23.3 Å². The quantitative estimate of drug-likeness (QED) is 0.584. The first kappa shape index (κ1) is 11.8. The van der Waals surface area contributed by atoms with Gasteiger partial charge in [-0.2, -0.15) is 0 Å². The van der Waals surface area contributed by atoms with Crippen LogP contribution in [0.25, 0.3) is 0 Å². The van der Waals surface area contributed by atoms with E-state index in [2.05, 4.69) is 28.8 Å². The van der Waals surface area contributed by atoms with E-state index in [0.29, 0.717) is 29.2 Å². The molecule has 0 bridgehead atoms. The maximum atomic E-state index is 13.8. The second kappa shape index (κ2) is 4.65. The fraction of sp³-hybridized carbons (Fsp3) is 0.385. The minimum absolute atomic E-state index is 0.223. The summed E-state index contributed by atoms with van der Waals surface area (Å²) in [7, 11) is 1.45. The predicted octanol–water partition coefficient (Wildman–Crippen LogP) is 3.09. The van der Waals surface area contributed by atoms with Crippen molar-refractivity contribution in [3.05, 3.63) is 29.1 Å². The summed E-state index contributed by atoms with van der Waals surface area (Å²) in [5.74, 6) is 0.123. The number of fused-ring (bicyclic) bond motifs is 1. The van der Waals surface area contributed by atoms with Gasteiger partial charge in [0.2, 0.25) is 0 Å². The molecule has 90 valence electrons. The fourth-order valence-corrected chi connectivity index (χ4v) is 1.81. The van der Waals surface area contributed by atoms with Crippen LogP contribution in [-0.2, 0) is 11.3 Å². The van der Waals surface area contributed by atoms with Crippen LogP contribution in [0.1, 0.15) is 25.0 Å². The van der Waals surface area contributed by atoms with Crippen molar-refractivity contribution < 1.29 is 9.23 Å². The molecule has 0 saturated heterocycles. The zero-order valence-corrected chi connectivity index (χ0v) is 10.2. The Labute approximate surface area is 100 Å². The van der Waals surface area contributed by atoms with Crippen LogP contribution in [0.15, 0.2) is 22.3 Å². The molecule has 0 aromatic heterocycles. The molecule has 0 saturated carbocycles. The van der Waals surface area contributed by atoms with Gasteiger partial charge in [-0.3, -0.25) is 4.99 Å². The molecule has 0 unspecified atom stereocenters. The van der Waals surface area contributed by atoms with E-state index in [1.165, 1.54) is 19.4 Å². The Morgan fingerprint density at radius 3 is 2.88 bits per heavy atom. The lowest BCUT2D eigenvalue weighted by Gasteiger charge is -2.02. The molecule has 4 heteroatoms. The van der Waals surface area contributed by atoms with Crippen LogP contribution in [0.2, 0.25) is 0 Å². The summed E-state index contributed by atoms with van der Waals surface area (Å²) in [5.41, 5.74) is 3.09. The average Bonchev–Trinajstić information content (AvgIpc) is 2.71. The van der Waals surface area contributed by atoms with Crippen LogP contribution in [0.3, 0.4) is 0 Å². The van der Waals surface area contributed by atoms with Crippen LogP contribution in [0, 0.1) is 11.7 Å². The number of oxime groups is 1. The van der Waals surface area contributed by atoms with Crippen molar-refractivity contribution in [2.75, 3.05) is 7.11 Å². The normalized spacial score (nSPS) is 14.3. The van der Waals surface area contributed by atoms with Gasteiger partial charge in [-0.05, 0) is 18.1 Å². The lowest BCUT2D eigenvalue weighted by molar-refractivity contribution is 0.215. The summed E-state index contributed by atoms with van der Waals surface area (Å²) >= 11 is 0. The molecule has 3 nitrogen and oxygen atoms in total. The van der Waals surface area contributed by atoms with Crippen molar-refractivity contribution in [2.45, 2.75) is 20.3 Å². The van der Waals surface area contributed by atoms with Crippen molar-refractivity contribution in [3.63, 3.8) is 0 Å². The van der Waals surface area contributed by atoms with E-state index in [-0.39, 0.29) is 5.82 Å². The van der Waals surface area contributed by atoms with E-state index >= 15 is 0 Å². The van der Waals surface area contributed by atoms with Crippen LogP contribution in [0.4, 0.5) is 10.1 Å². The number of rotatable bonds is 3. The number of hydrogen-bond donors (Lipinski definition) is 0. The summed E-state index contributed by atoms with van der Waals surface area (Å²) < 4.78 is 13.8. The summed E-state index contributed by atoms with van der Waals surface area (Å²) in [6.45, 7) is 4.13.